The summed E-state index contributed by atoms with van der Waals surface area (Å²) in [5.41, 5.74) is 1.56. The number of nitrogens with zero attached hydrogens (tertiary/aromatic N) is 3. The normalized spacial score (nSPS) is 14.1. The van der Waals surface area contributed by atoms with Gasteiger partial charge in [0, 0.05) is 33.3 Å². The van der Waals surface area contributed by atoms with Crippen molar-refractivity contribution >= 4 is 17.3 Å². The third-order valence-electron chi connectivity index (χ3n) is 3.61. The Morgan fingerprint density at radius 1 is 1.36 bits per heavy atom. The minimum atomic E-state index is -0.330. The molecule has 1 amide bonds. The summed E-state index contributed by atoms with van der Waals surface area (Å²) in [6, 6.07) is 5.94. The van der Waals surface area contributed by atoms with Crippen molar-refractivity contribution in [3.8, 4) is 0 Å². The van der Waals surface area contributed by atoms with Crippen LogP contribution in [0.15, 0.2) is 28.8 Å². The van der Waals surface area contributed by atoms with Gasteiger partial charge in [-0.3, -0.25) is 4.79 Å². The lowest BCUT2D eigenvalue weighted by molar-refractivity contribution is 0.0977. The summed E-state index contributed by atoms with van der Waals surface area (Å²) in [7, 11) is 3.40. The van der Waals surface area contributed by atoms with Crippen LogP contribution in [-0.4, -0.2) is 38.3 Å². The van der Waals surface area contributed by atoms with Gasteiger partial charge in [0.2, 0.25) is 0 Å². The van der Waals surface area contributed by atoms with E-state index < -0.39 is 0 Å². The van der Waals surface area contributed by atoms with Gasteiger partial charge in [-0.1, -0.05) is 5.16 Å². The maximum absolute atomic E-state index is 13.4. The van der Waals surface area contributed by atoms with Crippen LogP contribution in [0.4, 0.5) is 15.8 Å². The molecule has 0 atom stereocenters. The van der Waals surface area contributed by atoms with Crippen molar-refractivity contribution in [1.29, 1.82) is 0 Å². The van der Waals surface area contributed by atoms with E-state index in [4.69, 9.17) is 9.26 Å². The Morgan fingerprint density at radius 3 is 2.95 bits per heavy atom. The van der Waals surface area contributed by atoms with Crippen molar-refractivity contribution in [2.45, 2.75) is 6.61 Å². The molecule has 7 heteroatoms. The number of likely N-dealkylation sites (N-methyl/N-ethyl adjacent to an activating group) is 1. The van der Waals surface area contributed by atoms with Gasteiger partial charge in [-0.25, -0.2) is 4.39 Å². The third kappa shape index (κ3) is 2.55. The highest BCUT2D eigenvalue weighted by Crippen LogP contribution is 2.33. The fourth-order valence-electron chi connectivity index (χ4n) is 2.49. The zero-order valence-electron chi connectivity index (χ0n) is 12.4. The summed E-state index contributed by atoms with van der Waals surface area (Å²) in [5, 5.41) is 3.79. The fourth-order valence-corrected chi connectivity index (χ4v) is 2.49. The Balaban J connectivity index is 1.92. The van der Waals surface area contributed by atoms with E-state index in [-0.39, 0.29) is 24.0 Å². The molecule has 1 aromatic carbocycles. The van der Waals surface area contributed by atoms with E-state index >= 15 is 0 Å². The standard InChI is InChI=1S/C15H16FN3O3/c1-18-5-6-19(13-4-3-10(16)7-14(13)18)15(20)12-8-11(9-21-2)22-17-12/h3-4,7-8H,5-6,9H2,1-2H3. The van der Waals surface area contributed by atoms with Gasteiger partial charge in [-0.05, 0) is 18.2 Å². The average molecular weight is 305 g/mol. The summed E-state index contributed by atoms with van der Waals surface area (Å²) in [4.78, 5) is 16.1. The largest absolute Gasteiger partial charge is 0.377 e. The van der Waals surface area contributed by atoms with Crippen molar-refractivity contribution in [2.24, 2.45) is 0 Å². The molecule has 1 aliphatic rings. The second-order valence-corrected chi connectivity index (χ2v) is 5.12. The molecular weight excluding hydrogens is 289 g/mol. The quantitative estimate of drug-likeness (QED) is 0.868. The molecule has 0 radical (unpaired) electrons. The number of carbonyl (C=O) groups is 1. The SMILES string of the molecule is COCc1cc(C(=O)N2CCN(C)c3cc(F)ccc32)no1. The lowest BCUT2D eigenvalue weighted by Crippen LogP contribution is -2.42. The number of benzene rings is 1. The molecule has 0 saturated carbocycles. The predicted octanol–water partition coefficient (Wildman–Crippen LogP) is 2.06. The highest BCUT2D eigenvalue weighted by atomic mass is 19.1. The number of rotatable bonds is 3. The number of methoxy groups -OCH3 is 1. The molecule has 1 aromatic heterocycles. The smallest absolute Gasteiger partial charge is 0.280 e. The predicted molar refractivity (Wildman–Crippen MR) is 78.6 cm³/mol. The van der Waals surface area contributed by atoms with Crippen LogP contribution in [0.3, 0.4) is 0 Å². The molecule has 0 spiro atoms. The molecule has 22 heavy (non-hydrogen) atoms. The first-order chi connectivity index (χ1) is 10.6. The van der Waals surface area contributed by atoms with Gasteiger partial charge in [0.25, 0.3) is 5.91 Å². The number of amides is 1. The summed E-state index contributed by atoms with van der Waals surface area (Å²) >= 11 is 0. The van der Waals surface area contributed by atoms with Crippen LogP contribution < -0.4 is 9.80 Å². The molecule has 0 bridgehead atoms. The second-order valence-electron chi connectivity index (χ2n) is 5.12. The Labute approximate surface area is 127 Å². The Kier molecular flexibility index (Phi) is 3.81. The molecule has 2 heterocycles. The first-order valence-electron chi connectivity index (χ1n) is 6.87. The van der Waals surface area contributed by atoms with Crippen LogP contribution in [0.5, 0.6) is 0 Å². The Morgan fingerprint density at radius 2 is 2.18 bits per heavy atom. The number of fused-ring (bicyclic) bond motifs is 1. The van der Waals surface area contributed by atoms with Crippen LogP contribution >= 0.6 is 0 Å². The van der Waals surface area contributed by atoms with Crippen molar-refractivity contribution in [3.05, 3.63) is 41.5 Å². The van der Waals surface area contributed by atoms with Crippen molar-refractivity contribution in [1.82, 2.24) is 5.16 Å². The van der Waals surface area contributed by atoms with Gasteiger partial charge in [-0.15, -0.1) is 0 Å². The highest BCUT2D eigenvalue weighted by Gasteiger charge is 2.28. The fraction of sp³-hybridized carbons (Fsp3) is 0.333. The minimum absolute atomic E-state index is 0.215. The maximum Gasteiger partial charge on any atom is 0.280 e. The van der Waals surface area contributed by atoms with E-state index in [1.54, 1.807) is 17.0 Å². The zero-order chi connectivity index (χ0) is 15.7. The summed E-state index contributed by atoms with van der Waals surface area (Å²) in [6.07, 6.45) is 0. The minimum Gasteiger partial charge on any atom is -0.377 e. The van der Waals surface area contributed by atoms with Gasteiger partial charge in [0.05, 0.1) is 11.4 Å². The van der Waals surface area contributed by atoms with Crippen LogP contribution in [-0.2, 0) is 11.3 Å². The molecule has 2 aromatic rings. The van der Waals surface area contributed by atoms with Gasteiger partial charge in [0.15, 0.2) is 11.5 Å². The number of hydrogen-bond acceptors (Lipinski definition) is 5. The number of aromatic nitrogens is 1. The van der Waals surface area contributed by atoms with Crippen LogP contribution in [0.25, 0.3) is 0 Å². The Hall–Kier alpha value is -2.41. The molecular formula is C15H16FN3O3. The van der Waals surface area contributed by atoms with Crippen LogP contribution in [0.1, 0.15) is 16.2 Å². The Bertz CT molecular complexity index is 701. The first-order valence-corrected chi connectivity index (χ1v) is 6.87. The number of halogens is 1. The molecule has 0 fully saturated rings. The summed E-state index contributed by atoms with van der Waals surface area (Å²) < 4.78 is 23.4. The molecule has 0 unspecified atom stereocenters. The zero-order valence-corrected chi connectivity index (χ0v) is 12.4. The number of carbonyl (C=O) groups excluding carboxylic acids is 1. The number of ether oxygens (including phenoxy) is 1. The molecule has 0 N–H and O–H groups in total. The maximum atomic E-state index is 13.4. The van der Waals surface area contributed by atoms with Gasteiger partial charge in [0.1, 0.15) is 12.4 Å². The van der Waals surface area contributed by atoms with Gasteiger partial charge in [-0.2, -0.15) is 0 Å². The molecule has 1 aliphatic heterocycles. The highest BCUT2D eigenvalue weighted by molar-refractivity contribution is 6.07. The summed E-state index contributed by atoms with van der Waals surface area (Å²) in [6.45, 7) is 1.37. The van der Waals surface area contributed by atoms with E-state index in [2.05, 4.69) is 5.16 Å². The average Bonchev–Trinajstić information content (AvgIpc) is 2.96. The second kappa shape index (κ2) is 5.76. The summed E-state index contributed by atoms with van der Waals surface area (Å²) in [5.74, 6) is -0.116. The van der Waals surface area contributed by atoms with Crippen molar-refractivity contribution in [3.63, 3.8) is 0 Å². The van der Waals surface area contributed by atoms with Crippen molar-refractivity contribution < 1.29 is 18.4 Å². The monoisotopic (exact) mass is 305 g/mol. The molecule has 0 aliphatic carbocycles. The number of hydrogen-bond donors (Lipinski definition) is 0. The van der Waals surface area contributed by atoms with E-state index in [0.29, 0.717) is 30.2 Å². The third-order valence-corrected chi connectivity index (χ3v) is 3.61. The molecule has 3 rings (SSSR count). The number of anilines is 2. The van der Waals surface area contributed by atoms with E-state index in [9.17, 15) is 9.18 Å². The van der Waals surface area contributed by atoms with Crippen LogP contribution in [0, 0.1) is 5.82 Å². The lowest BCUT2D eigenvalue weighted by atomic mass is 10.1. The van der Waals surface area contributed by atoms with Crippen LogP contribution in [0.2, 0.25) is 0 Å². The van der Waals surface area contributed by atoms with E-state index in [0.717, 1.165) is 0 Å². The van der Waals surface area contributed by atoms with E-state index in [1.165, 1.54) is 19.2 Å². The molecule has 0 saturated heterocycles. The van der Waals surface area contributed by atoms with E-state index in [1.807, 2.05) is 11.9 Å². The van der Waals surface area contributed by atoms with Crippen molar-refractivity contribution in [2.75, 3.05) is 37.0 Å². The molecule has 6 nitrogen and oxygen atoms in total. The lowest BCUT2D eigenvalue weighted by Gasteiger charge is -2.35. The van der Waals surface area contributed by atoms with Gasteiger partial charge >= 0.3 is 0 Å². The van der Waals surface area contributed by atoms with Gasteiger partial charge < -0.3 is 19.1 Å². The topological polar surface area (TPSA) is 58.8 Å². The molecule has 116 valence electrons. The first kappa shape index (κ1) is 14.5.